The van der Waals surface area contributed by atoms with Crippen LogP contribution >= 0.6 is 0 Å². The Morgan fingerprint density at radius 1 is 0.946 bits per heavy atom. The first-order valence-electron chi connectivity index (χ1n) is 10.8. The largest absolute Gasteiger partial charge is 0.453 e. The van der Waals surface area contributed by atoms with Gasteiger partial charge in [-0.05, 0) is 60.4 Å². The minimum Gasteiger partial charge on any atom is -0.453 e. The summed E-state index contributed by atoms with van der Waals surface area (Å²) in [4.78, 5) is 13.5. The first-order valence-corrected chi connectivity index (χ1v) is 10.8. The number of methoxy groups -OCH3 is 1. The zero-order valence-electron chi connectivity index (χ0n) is 19.1. The normalized spacial score (nSPS) is 18.1. The smallest absolute Gasteiger partial charge is 0.416 e. The molecular weight excluding hydrogens is 523 g/mol. The number of hydrogen-bond donors (Lipinski definition) is 2. The molecule has 0 saturated heterocycles. The summed E-state index contributed by atoms with van der Waals surface area (Å²) >= 11 is 0. The first-order chi connectivity index (χ1) is 17.0. The number of carbonyl (C=O) groups excluding carboxylic acids is 1. The van der Waals surface area contributed by atoms with Gasteiger partial charge < -0.3 is 15.2 Å². The highest BCUT2D eigenvalue weighted by atomic mass is 19.4. The Morgan fingerprint density at radius 3 is 2.00 bits per heavy atom. The highest BCUT2D eigenvalue weighted by Crippen LogP contribution is 2.43. The van der Waals surface area contributed by atoms with Crippen molar-refractivity contribution in [3.63, 3.8) is 0 Å². The Bertz CT molecular complexity index is 1100. The van der Waals surface area contributed by atoms with Crippen molar-refractivity contribution in [2.75, 3.05) is 19.0 Å². The first kappa shape index (κ1) is 28.4. The SMILES string of the molecule is COC(=O)N(Cc1cc(C(F)(F)F)cc(C(F)(F)F)c1)[C@@H]1C[C@H](CCO)Nc2ccc(C(F)(F)F)cc21. The number of fused-ring (bicyclic) bond motifs is 1. The molecule has 2 aromatic rings. The monoisotopic (exact) mass is 544 g/mol. The molecule has 1 heterocycles. The number of rotatable bonds is 5. The molecule has 0 unspecified atom stereocenters. The van der Waals surface area contributed by atoms with Crippen LogP contribution in [0.25, 0.3) is 0 Å². The Morgan fingerprint density at radius 2 is 1.51 bits per heavy atom. The van der Waals surface area contributed by atoms with E-state index in [9.17, 15) is 49.4 Å². The molecule has 1 amide bonds. The van der Waals surface area contributed by atoms with Crippen LogP contribution in [0.15, 0.2) is 36.4 Å². The van der Waals surface area contributed by atoms with E-state index in [1.165, 1.54) is 0 Å². The fourth-order valence-electron chi connectivity index (χ4n) is 4.19. The molecule has 2 aromatic carbocycles. The van der Waals surface area contributed by atoms with Crippen molar-refractivity contribution in [1.82, 2.24) is 4.90 Å². The van der Waals surface area contributed by atoms with Crippen molar-refractivity contribution in [3.8, 4) is 0 Å². The average Bonchev–Trinajstić information content (AvgIpc) is 2.79. The molecule has 0 saturated carbocycles. The molecule has 0 aliphatic carbocycles. The van der Waals surface area contributed by atoms with Crippen LogP contribution in [-0.2, 0) is 29.8 Å². The van der Waals surface area contributed by atoms with Crippen LogP contribution in [0.4, 0.5) is 50.0 Å². The van der Waals surface area contributed by atoms with Gasteiger partial charge in [0.2, 0.25) is 0 Å². The van der Waals surface area contributed by atoms with Gasteiger partial charge in [0.15, 0.2) is 0 Å². The summed E-state index contributed by atoms with van der Waals surface area (Å²) in [6, 6.07) is 1.65. The third-order valence-electron chi connectivity index (χ3n) is 5.87. The summed E-state index contributed by atoms with van der Waals surface area (Å²) in [6.07, 6.45) is -16.2. The number of ether oxygens (including phenoxy) is 1. The number of hydrogen-bond acceptors (Lipinski definition) is 4. The lowest BCUT2D eigenvalue weighted by molar-refractivity contribution is -0.143. The average molecular weight is 544 g/mol. The van der Waals surface area contributed by atoms with Crippen LogP contribution in [0.2, 0.25) is 0 Å². The second-order valence-corrected chi connectivity index (χ2v) is 8.42. The summed E-state index contributed by atoms with van der Waals surface area (Å²) in [5.74, 6) is 0. The molecule has 0 fully saturated rings. The van der Waals surface area contributed by atoms with Gasteiger partial charge in [0, 0.05) is 24.9 Å². The van der Waals surface area contributed by atoms with Crippen molar-refractivity contribution < 1.29 is 54.2 Å². The topological polar surface area (TPSA) is 61.8 Å². The van der Waals surface area contributed by atoms with E-state index in [4.69, 9.17) is 4.74 Å². The van der Waals surface area contributed by atoms with Crippen molar-refractivity contribution in [2.45, 2.75) is 50.0 Å². The second-order valence-electron chi connectivity index (χ2n) is 8.42. The van der Waals surface area contributed by atoms with E-state index in [1.807, 2.05) is 0 Å². The zero-order chi connectivity index (χ0) is 27.8. The molecule has 204 valence electrons. The van der Waals surface area contributed by atoms with E-state index in [0.717, 1.165) is 30.2 Å². The number of nitrogens with zero attached hydrogens (tertiary/aromatic N) is 1. The third-order valence-corrected chi connectivity index (χ3v) is 5.87. The van der Waals surface area contributed by atoms with E-state index in [-0.39, 0.29) is 36.8 Å². The highest BCUT2D eigenvalue weighted by Gasteiger charge is 2.40. The summed E-state index contributed by atoms with van der Waals surface area (Å²) < 4.78 is 125. The summed E-state index contributed by atoms with van der Waals surface area (Å²) in [5, 5.41) is 12.3. The van der Waals surface area contributed by atoms with Crippen molar-refractivity contribution >= 4 is 11.8 Å². The van der Waals surface area contributed by atoms with Crippen molar-refractivity contribution in [1.29, 1.82) is 0 Å². The molecule has 14 heteroatoms. The molecule has 0 radical (unpaired) electrons. The molecule has 0 aromatic heterocycles. The quantitative estimate of drug-likeness (QED) is 0.416. The maximum absolute atomic E-state index is 13.4. The number of nitrogens with one attached hydrogen (secondary N) is 1. The Hall–Kier alpha value is -3.16. The van der Waals surface area contributed by atoms with Crippen molar-refractivity contribution in [2.24, 2.45) is 0 Å². The molecule has 2 N–H and O–H groups in total. The standard InChI is InChI=1S/C23H21F9N2O3/c1-37-20(36)34(11-12-6-14(22(27,28)29)8-15(7-12)23(30,31)32)19-10-16(4-5-35)33-18-3-2-13(9-17(18)19)21(24,25)26/h2-3,6-9,16,19,33,35H,4-5,10-11H2,1H3/t16-,19+/m0/s1. The lowest BCUT2D eigenvalue weighted by Crippen LogP contribution is -2.41. The van der Waals surface area contributed by atoms with Gasteiger partial charge in [-0.15, -0.1) is 0 Å². The molecule has 0 bridgehead atoms. The van der Waals surface area contributed by atoms with Crippen LogP contribution in [0.5, 0.6) is 0 Å². The van der Waals surface area contributed by atoms with Gasteiger partial charge in [-0.1, -0.05) is 0 Å². The maximum atomic E-state index is 13.4. The summed E-state index contributed by atoms with van der Waals surface area (Å²) in [5.41, 5.74) is -4.73. The number of aliphatic hydroxyl groups excluding tert-OH is 1. The maximum Gasteiger partial charge on any atom is 0.416 e. The fraction of sp³-hybridized carbons (Fsp3) is 0.435. The molecule has 2 atom stereocenters. The number of benzene rings is 2. The van der Waals surface area contributed by atoms with Gasteiger partial charge in [-0.25, -0.2) is 4.79 Å². The lowest BCUT2D eigenvalue weighted by Gasteiger charge is -2.39. The highest BCUT2D eigenvalue weighted by molar-refractivity contribution is 5.70. The van der Waals surface area contributed by atoms with Crippen LogP contribution < -0.4 is 5.32 Å². The zero-order valence-corrected chi connectivity index (χ0v) is 19.1. The van der Waals surface area contributed by atoms with Crippen LogP contribution in [0.3, 0.4) is 0 Å². The molecule has 37 heavy (non-hydrogen) atoms. The van der Waals surface area contributed by atoms with Gasteiger partial charge >= 0.3 is 24.6 Å². The van der Waals surface area contributed by atoms with Crippen molar-refractivity contribution in [3.05, 3.63) is 64.2 Å². The Labute approximate surface area is 204 Å². The Balaban J connectivity index is 2.14. The van der Waals surface area contributed by atoms with E-state index in [0.29, 0.717) is 12.1 Å². The number of aliphatic hydroxyl groups is 1. The van der Waals surface area contributed by atoms with Crippen LogP contribution in [-0.4, -0.2) is 35.9 Å². The molecular formula is C23H21F9N2O3. The van der Waals surface area contributed by atoms with Gasteiger partial charge in [0.25, 0.3) is 0 Å². The Kier molecular flexibility index (Phi) is 7.91. The second kappa shape index (κ2) is 10.3. The number of alkyl halides is 9. The molecule has 1 aliphatic rings. The van der Waals surface area contributed by atoms with E-state index < -0.39 is 65.5 Å². The van der Waals surface area contributed by atoms with Gasteiger partial charge in [0.1, 0.15) is 0 Å². The number of amides is 1. The summed E-state index contributed by atoms with van der Waals surface area (Å²) in [7, 11) is 0.919. The van der Waals surface area contributed by atoms with Gasteiger partial charge in [0.05, 0.1) is 29.8 Å². The van der Waals surface area contributed by atoms with Crippen LogP contribution in [0.1, 0.15) is 46.7 Å². The molecule has 5 nitrogen and oxygen atoms in total. The van der Waals surface area contributed by atoms with E-state index >= 15 is 0 Å². The summed E-state index contributed by atoms with van der Waals surface area (Å²) in [6.45, 7) is -1.16. The van der Waals surface area contributed by atoms with Gasteiger partial charge in [-0.3, -0.25) is 4.90 Å². The van der Waals surface area contributed by atoms with Gasteiger partial charge in [-0.2, -0.15) is 39.5 Å². The number of halogens is 9. The van der Waals surface area contributed by atoms with E-state index in [1.54, 1.807) is 0 Å². The number of carbonyl (C=O) groups is 1. The molecule has 1 aliphatic heterocycles. The fourth-order valence-corrected chi connectivity index (χ4v) is 4.19. The lowest BCUT2D eigenvalue weighted by atomic mass is 9.89. The minimum absolute atomic E-state index is 0.0579. The van der Waals surface area contributed by atoms with Crippen LogP contribution in [0, 0.1) is 0 Å². The minimum atomic E-state index is -5.14. The van der Waals surface area contributed by atoms with E-state index in [2.05, 4.69) is 5.32 Å². The number of anilines is 1. The third kappa shape index (κ3) is 6.59. The predicted octanol–water partition coefficient (Wildman–Crippen LogP) is 6.62. The molecule has 0 spiro atoms. The predicted molar refractivity (Wildman–Crippen MR) is 112 cm³/mol. The molecule has 3 rings (SSSR count).